The van der Waals surface area contributed by atoms with Crippen LogP contribution in [0.5, 0.6) is 0 Å². The molecular weight excluding hydrogens is 222 g/mol. The maximum Gasteiger partial charge on any atom is 0.242 e. The molecule has 1 fully saturated rings. The topological polar surface area (TPSA) is 90.5 Å². The maximum absolute atomic E-state index is 11.7. The van der Waals surface area contributed by atoms with E-state index in [2.05, 4.69) is 16.0 Å². The van der Waals surface area contributed by atoms with Crippen molar-refractivity contribution in [2.24, 2.45) is 0 Å². The van der Waals surface area contributed by atoms with E-state index >= 15 is 0 Å². The fraction of sp³-hybridized carbons (Fsp3) is 0.818. The Morgan fingerprint density at radius 2 is 2.24 bits per heavy atom. The lowest BCUT2D eigenvalue weighted by molar-refractivity contribution is -0.129. The van der Waals surface area contributed by atoms with Gasteiger partial charge in [0.1, 0.15) is 6.04 Å². The lowest BCUT2D eigenvalue weighted by atomic mass is 10.2. The van der Waals surface area contributed by atoms with Gasteiger partial charge in [0.05, 0.1) is 12.1 Å². The monoisotopic (exact) mass is 243 g/mol. The minimum Gasteiger partial charge on any atom is -0.392 e. The molecule has 6 nitrogen and oxygen atoms in total. The third-order valence-electron chi connectivity index (χ3n) is 2.73. The van der Waals surface area contributed by atoms with E-state index in [0.717, 1.165) is 6.42 Å². The first kappa shape index (κ1) is 13.9. The molecule has 1 heterocycles. The maximum atomic E-state index is 11.7. The summed E-state index contributed by atoms with van der Waals surface area (Å²) in [5.41, 5.74) is 0. The molecule has 0 aromatic carbocycles. The van der Waals surface area contributed by atoms with Crippen molar-refractivity contribution in [3.8, 4) is 0 Å². The van der Waals surface area contributed by atoms with Crippen molar-refractivity contribution in [3.63, 3.8) is 0 Å². The summed E-state index contributed by atoms with van der Waals surface area (Å²) in [6.45, 7) is 4.65. The predicted octanol–water partition coefficient (Wildman–Crippen LogP) is -1.26. The van der Waals surface area contributed by atoms with Gasteiger partial charge in [0, 0.05) is 13.1 Å². The summed E-state index contributed by atoms with van der Waals surface area (Å²) in [5, 5.41) is 17.5. The number of carbonyl (C=O) groups is 2. The average Bonchev–Trinajstić information content (AvgIpc) is 2.72. The zero-order valence-electron chi connectivity index (χ0n) is 10.3. The lowest BCUT2D eigenvalue weighted by Gasteiger charge is -2.16. The molecule has 1 saturated heterocycles. The molecule has 0 bridgehead atoms. The van der Waals surface area contributed by atoms with Gasteiger partial charge in [-0.05, 0) is 19.8 Å². The van der Waals surface area contributed by atoms with Crippen LogP contribution in [0, 0.1) is 0 Å². The molecule has 1 rings (SSSR count). The highest BCUT2D eigenvalue weighted by molar-refractivity contribution is 5.89. The Balaban J connectivity index is 2.32. The summed E-state index contributed by atoms with van der Waals surface area (Å²) in [7, 11) is 0. The third-order valence-corrected chi connectivity index (χ3v) is 2.73. The van der Waals surface area contributed by atoms with Crippen molar-refractivity contribution >= 4 is 11.8 Å². The zero-order chi connectivity index (χ0) is 12.8. The summed E-state index contributed by atoms with van der Waals surface area (Å²) in [6.07, 6.45) is 0.785. The van der Waals surface area contributed by atoms with Crippen molar-refractivity contribution in [3.05, 3.63) is 0 Å². The largest absolute Gasteiger partial charge is 0.392 e. The number of hydrogen-bond donors (Lipinski definition) is 4. The SMILES string of the molecule is CCCNC(=O)C(C)NC(=O)C1CC(O)CN1. The second kappa shape index (κ2) is 6.56. The van der Waals surface area contributed by atoms with Crippen molar-refractivity contribution < 1.29 is 14.7 Å². The highest BCUT2D eigenvalue weighted by atomic mass is 16.3. The number of nitrogens with one attached hydrogen (secondary N) is 3. The molecular formula is C11H21N3O3. The quantitative estimate of drug-likeness (QED) is 0.485. The minimum atomic E-state index is -0.548. The van der Waals surface area contributed by atoms with Crippen LogP contribution in [0.3, 0.4) is 0 Å². The van der Waals surface area contributed by atoms with Gasteiger partial charge in [0.25, 0.3) is 0 Å². The van der Waals surface area contributed by atoms with Crippen LogP contribution in [0.25, 0.3) is 0 Å². The number of amides is 2. The Bertz CT molecular complexity index is 283. The molecule has 4 N–H and O–H groups in total. The molecule has 17 heavy (non-hydrogen) atoms. The Kier molecular flexibility index (Phi) is 5.37. The van der Waals surface area contributed by atoms with E-state index in [1.54, 1.807) is 6.92 Å². The number of carbonyl (C=O) groups excluding carboxylic acids is 2. The van der Waals surface area contributed by atoms with Gasteiger partial charge in [-0.3, -0.25) is 9.59 Å². The molecule has 0 aromatic heterocycles. The standard InChI is InChI=1S/C11H21N3O3/c1-3-4-12-10(16)7(2)14-11(17)9-5-8(15)6-13-9/h7-9,13,15H,3-6H2,1-2H3,(H,12,16)(H,14,17). The van der Waals surface area contributed by atoms with Crippen LogP contribution in [0.2, 0.25) is 0 Å². The van der Waals surface area contributed by atoms with Gasteiger partial charge >= 0.3 is 0 Å². The van der Waals surface area contributed by atoms with Crippen molar-refractivity contribution in [2.75, 3.05) is 13.1 Å². The average molecular weight is 243 g/mol. The molecule has 2 amide bonds. The van der Waals surface area contributed by atoms with Gasteiger partial charge in [-0.25, -0.2) is 0 Å². The van der Waals surface area contributed by atoms with E-state index in [1.807, 2.05) is 6.92 Å². The molecule has 0 radical (unpaired) electrons. The Morgan fingerprint density at radius 3 is 2.76 bits per heavy atom. The summed E-state index contributed by atoms with van der Waals surface area (Å²) in [6, 6.07) is -0.944. The number of aliphatic hydroxyl groups excluding tert-OH is 1. The first-order chi connectivity index (χ1) is 8.04. The highest BCUT2D eigenvalue weighted by Crippen LogP contribution is 2.06. The molecule has 98 valence electrons. The molecule has 0 aliphatic carbocycles. The summed E-state index contributed by atoms with van der Waals surface area (Å²) in [4.78, 5) is 23.2. The summed E-state index contributed by atoms with van der Waals surface area (Å²) in [5.74, 6) is -0.417. The molecule has 0 spiro atoms. The Hall–Kier alpha value is -1.14. The van der Waals surface area contributed by atoms with Gasteiger partial charge in [0.2, 0.25) is 11.8 Å². The molecule has 1 aliphatic rings. The minimum absolute atomic E-state index is 0.182. The number of rotatable bonds is 5. The molecule has 3 unspecified atom stereocenters. The van der Waals surface area contributed by atoms with Gasteiger partial charge in [-0.15, -0.1) is 0 Å². The third kappa shape index (κ3) is 4.32. The van der Waals surface area contributed by atoms with Gasteiger partial charge in [-0.2, -0.15) is 0 Å². The van der Waals surface area contributed by atoms with Crippen LogP contribution in [-0.4, -0.2) is 48.2 Å². The van der Waals surface area contributed by atoms with Crippen molar-refractivity contribution in [1.29, 1.82) is 0 Å². The summed E-state index contributed by atoms with van der Waals surface area (Å²) < 4.78 is 0. The second-order valence-corrected chi connectivity index (χ2v) is 4.37. The van der Waals surface area contributed by atoms with Crippen LogP contribution in [0.4, 0.5) is 0 Å². The van der Waals surface area contributed by atoms with E-state index in [4.69, 9.17) is 0 Å². The predicted molar refractivity (Wildman–Crippen MR) is 63.3 cm³/mol. The fourth-order valence-corrected chi connectivity index (χ4v) is 1.70. The Morgan fingerprint density at radius 1 is 1.53 bits per heavy atom. The van der Waals surface area contributed by atoms with E-state index in [0.29, 0.717) is 19.5 Å². The van der Waals surface area contributed by atoms with Crippen LogP contribution in [-0.2, 0) is 9.59 Å². The summed E-state index contributed by atoms with van der Waals surface area (Å²) >= 11 is 0. The molecule has 1 aliphatic heterocycles. The molecule has 6 heteroatoms. The first-order valence-electron chi connectivity index (χ1n) is 6.04. The first-order valence-corrected chi connectivity index (χ1v) is 6.04. The van der Waals surface area contributed by atoms with Crippen molar-refractivity contribution in [1.82, 2.24) is 16.0 Å². The van der Waals surface area contributed by atoms with Crippen LogP contribution in [0.15, 0.2) is 0 Å². The van der Waals surface area contributed by atoms with Gasteiger partial charge in [-0.1, -0.05) is 6.92 Å². The molecule has 3 atom stereocenters. The molecule has 0 aromatic rings. The van der Waals surface area contributed by atoms with E-state index in [-0.39, 0.29) is 11.8 Å². The van der Waals surface area contributed by atoms with Gasteiger partial charge in [0.15, 0.2) is 0 Å². The van der Waals surface area contributed by atoms with Crippen LogP contribution < -0.4 is 16.0 Å². The van der Waals surface area contributed by atoms with E-state index in [9.17, 15) is 14.7 Å². The number of hydrogen-bond acceptors (Lipinski definition) is 4. The fourth-order valence-electron chi connectivity index (χ4n) is 1.70. The number of aliphatic hydroxyl groups is 1. The number of β-amino-alcohol motifs (C(OH)–C–C–N with tert-alkyl or cyclic N) is 1. The van der Waals surface area contributed by atoms with Gasteiger partial charge < -0.3 is 21.1 Å². The van der Waals surface area contributed by atoms with E-state index in [1.165, 1.54) is 0 Å². The van der Waals surface area contributed by atoms with Crippen LogP contribution >= 0.6 is 0 Å². The normalized spacial score (nSPS) is 25.4. The highest BCUT2D eigenvalue weighted by Gasteiger charge is 2.29. The van der Waals surface area contributed by atoms with Crippen LogP contribution in [0.1, 0.15) is 26.7 Å². The van der Waals surface area contributed by atoms with E-state index < -0.39 is 18.2 Å². The second-order valence-electron chi connectivity index (χ2n) is 4.37. The Labute approximate surface area is 101 Å². The zero-order valence-corrected chi connectivity index (χ0v) is 10.3. The van der Waals surface area contributed by atoms with Crippen molar-refractivity contribution in [2.45, 2.75) is 44.9 Å². The molecule has 0 saturated carbocycles. The lowest BCUT2D eigenvalue weighted by Crippen LogP contribution is -2.50. The smallest absolute Gasteiger partial charge is 0.242 e.